The number of fused-ring (bicyclic) bond motifs is 1. The molecule has 1 amide bonds. The predicted molar refractivity (Wildman–Crippen MR) is 123 cm³/mol. The zero-order valence-electron chi connectivity index (χ0n) is 17.4. The van der Waals surface area contributed by atoms with Gasteiger partial charge in [0.2, 0.25) is 6.43 Å². The van der Waals surface area contributed by atoms with Gasteiger partial charge in [-0.1, -0.05) is 28.4 Å². The minimum atomic E-state index is -2.17. The van der Waals surface area contributed by atoms with Crippen molar-refractivity contribution in [3.63, 3.8) is 0 Å². The van der Waals surface area contributed by atoms with Crippen LogP contribution in [0.1, 0.15) is 37.7 Å². The summed E-state index contributed by atoms with van der Waals surface area (Å²) in [5.41, 5.74) is 7.61. The molecule has 1 fully saturated rings. The summed E-state index contributed by atoms with van der Waals surface area (Å²) in [6, 6.07) is 6.33. The van der Waals surface area contributed by atoms with Crippen LogP contribution in [-0.4, -0.2) is 40.3 Å². The van der Waals surface area contributed by atoms with Gasteiger partial charge in [-0.15, -0.1) is 0 Å². The quantitative estimate of drug-likeness (QED) is 0.549. The predicted octanol–water partition coefficient (Wildman–Crippen LogP) is 4.95. The lowest BCUT2D eigenvalue weighted by molar-refractivity contribution is -0.112. The maximum Gasteiger partial charge on any atom is 0.256 e. The number of hydrazine groups is 1. The number of nitrogens with one attached hydrogen (secondary N) is 3. The van der Waals surface area contributed by atoms with E-state index in [0.29, 0.717) is 29.5 Å². The number of aliphatic imine (C=N–C) groups is 1. The first-order valence-electron chi connectivity index (χ1n) is 10.3. The van der Waals surface area contributed by atoms with Crippen LogP contribution >= 0.6 is 15.9 Å². The van der Waals surface area contributed by atoms with Crippen LogP contribution in [0.3, 0.4) is 0 Å². The second-order valence-corrected chi connectivity index (χ2v) is 8.53. The maximum atomic E-state index is 12.9. The number of anilines is 1. The number of H-pyrrole nitrogens is 1. The van der Waals surface area contributed by atoms with Gasteiger partial charge in [0.05, 0.1) is 23.2 Å². The lowest BCUT2D eigenvalue weighted by Gasteiger charge is -2.28. The molecule has 168 valence electrons. The molecule has 0 spiro atoms. The summed E-state index contributed by atoms with van der Waals surface area (Å²) in [5.74, 6) is 1.01. The van der Waals surface area contributed by atoms with E-state index in [9.17, 15) is 13.6 Å². The highest BCUT2D eigenvalue weighted by atomic mass is 79.9. The number of hydrogen-bond acceptors (Lipinski definition) is 5. The van der Waals surface area contributed by atoms with Gasteiger partial charge in [-0.2, -0.15) is 5.10 Å². The molecule has 1 aliphatic carbocycles. The number of aromatic nitrogens is 2. The van der Waals surface area contributed by atoms with Crippen LogP contribution in [0, 0.1) is 0 Å². The summed E-state index contributed by atoms with van der Waals surface area (Å²) in [6.45, 7) is 1.26. The van der Waals surface area contributed by atoms with Crippen molar-refractivity contribution < 1.29 is 13.6 Å². The van der Waals surface area contributed by atoms with E-state index in [0.717, 1.165) is 22.7 Å². The second-order valence-electron chi connectivity index (χ2n) is 7.62. The number of aromatic amines is 1. The molecule has 0 atom stereocenters. The molecule has 0 saturated heterocycles. The summed E-state index contributed by atoms with van der Waals surface area (Å²) in [4.78, 5) is 17.2. The number of rotatable bonds is 4. The first-order chi connectivity index (χ1) is 15.4. The Morgan fingerprint density at radius 1 is 1.34 bits per heavy atom. The average Bonchev–Trinajstić information content (AvgIpc) is 3.34. The lowest BCUT2D eigenvalue weighted by Crippen LogP contribution is -2.27. The van der Waals surface area contributed by atoms with Crippen LogP contribution in [0.4, 0.5) is 14.5 Å². The highest BCUT2D eigenvalue weighted by Gasteiger charge is 2.28. The summed E-state index contributed by atoms with van der Waals surface area (Å²) in [7, 11) is 0. The Bertz CT molecular complexity index is 1090. The normalized spacial score (nSPS) is 17.2. The van der Waals surface area contributed by atoms with E-state index >= 15 is 0 Å². The minimum Gasteiger partial charge on any atom is -0.319 e. The number of allylic oxidation sites excluding steroid dienone is 1. The van der Waals surface area contributed by atoms with Crippen LogP contribution in [0.2, 0.25) is 0 Å². The molecule has 0 radical (unpaired) electrons. The van der Waals surface area contributed by atoms with Gasteiger partial charge in [0.1, 0.15) is 0 Å². The van der Waals surface area contributed by atoms with E-state index < -0.39 is 6.43 Å². The van der Waals surface area contributed by atoms with Crippen molar-refractivity contribution in [3.8, 4) is 11.3 Å². The molecule has 0 bridgehead atoms. The van der Waals surface area contributed by atoms with Gasteiger partial charge < -0.3 is 5.32 Å². The smallest absolute Gasteiger partial charge is 0.256 e. The van der Waals surface area contributed by atoms with E-state index in [1.807, 2.05) is 12.3 Å². The van der Waals surface area contributed by atoms with Crippen molar-refractivity contribution in [1.29, 1.82) is 0 Å². The number of halogens is 3. The molecule has 1 aromatic heterocycles. The van der Waals surface area contributed by atoms with E-state index in [1.54, 1.807) is 17.4 Å². The topological polar surface area (TPSA) is 85.4 Å². The zero-order valence-corrected chi connectivity index (χ0v) is 19.0. The van der Waals surface area contributed by atoms with Crippen LogP contribution in [0.15, 0.2) is 57.5 Å². The molecular weight excluding hydrogens is 482 g/mol. The number of benzene rings is 1. The minimum absolute atomic E-state index is 0.180. The third-order valence-corrected chi connectivity index (χ3v) is 5.93. The van der Waals surface area contributed by atoms with Crippen LogP contribution in [0.25, 0.3) is 11.3 Å². The Morgan fingerprint density at radius 3 is 2.84 bits per heavy atom. The summed E-state index contributed by atoms with van der Waals surface area (Å²) < 4.78 is 21.7. The molecular formula is C22H23BrF2N6O. The van der Waals surface area contributed by atoms with Gasteiger partial charge in [-0.25, -0.2) is 19.2 Å². The van der Waals surface area contributed by atoms with Gasteiger partial charge in [0.15, 0.2) is 5.82 Å². The Balaban J connectivity index is 0.000000567. The summed E-state index contributed by atoms with van der Waals surface area (Å²) >= 11 is 3.57. The number of carbonyl (C=O) groups is 1. The first-order valence-corrected chi connectivity index (χ1v) is 11.1. The highest BCUT2D eigenvalue weighted by Crippen LogP contribution is 2.43. The Labute approximate surface area is 192 Å². The third kappa shape index (κ3) is 4.81. The number of carbonyl (C=O) groups excluding carboxylic acids is 1. The highest BCUT2D eigenvalue weighted by molar-refractivity contribution is 9.10. The molecule has 2 aromatic rings. The molecule has 2 aliphatic heterocycles. The van der Waals surface area contributed by atoms with Gasteiger partial charge in [0, 0.05) is 29.0 Å². The Morgan fingerprint density at radius 2 is 2.12 bits per heavy atom. The third-order valence-electron chi connectivity index (χ3n) is 5.43. The van der Waals surface area contributed by atoms with Crippen molar-refractivity contribution in [2.24, 2.45) is 4.99 Å². The molecule has 7 nitrogen and oxygen atoms in total. The van der Waals surface area contributed by atoms with Crippen molar-refractivity contribution in [2.45, 2.75) is 38.5 Å². The second kappa shape index (κ2) is 9.74. The van der Waals surface area contributed by atoms with Crippen LogP contribution in [-0.2, 0) is 4.79 Å². The van der Waals surface area contributed by atoms with E-state index in [1.165, 1.54) is 24.8 Å². The maximum absolute atomic E-state index is 12.9. The van der Waals surface area contributed by atoms with Gasteiger partial charge in [0.25, 0.3) is 5.91 Å². The zero-order chi connectivity index (χ0) is 22.7. The fraction of sp³-hybridized carbons (Fsp3) is 0.318. The molecule has 1 aromatic carbocycles. The van der Waals surface area contributed by atoms with Gasteiger partial charge in [-0.05, 0) is 49.5 Å². The lowest BCUT2D eigenvalue weighted by atomic mass is 9.77. The van der Waals surface area contributed by atoms with E-state index in [4.69, 9.17) is 0 Å². The molecule has 3 aliphatic rings. The molecule has 32 heavy (non-hydrogen) atoms. The van der Waals surface area contributed by atoms with Gasteiger partial charge in [-0.3, -0.25) is 14.9 Å². The standard InChI is InChI=1S/C20H19BrN6O.C2H4F2/c21-13-5-6-14(12-3-1-4-12)15(9-13)18-17(11-23-26-18)25-20(28)16-10-24-27-8-2-7-22-19(16)27;1-2(3)4/h2,5-9,11-12,24H,1,3-4,10H2,(H,23,26)(H,25,28);2H,1H3. The number of nitrogens with zero attached hydrogens (tertiary/aromatic N) is 3. The molecule has 5 rings (SSSR count). The largest absolute Gasteiger partial charge is 0.319 e. The Hall–Kier alpha value is -2.85. The van der Waals surface area contributed by atoms with Crippen molar-refractivity contribution in [2.75, 3.05) is 11.9 Å². The fourth-order valence-electron chi connectivity index (χ4n) is 3.75. The van der Waals surface area contributed by atoms with E-state index in [2.05, 4.69) is 60.1 Å². The number of alkyl halides is 2. The van der Waals surface area contributed by atoms with Crippen LogP contribution in [0.5, 0.6) is 0 Å². The fourth-order valence-corrected chi connectivity index (χ4v) is 4.11. The number of amides is 1. The SMILES string of the molecule is CC(F)F.O=C(Nc1cn[nH]c1-c1cc(Br)ccc1C1CCC1)C1=C2N=CC=CN2NC1. The first kappa shape index (κ1) is 22.3. The van der Waals surface area contributed by atoms with Crippen LogP contribution < -0.4 is 10.7 Å². The summed E-state index contributed by atoms with van der Waals surface area (Å²) in [6.07, 6.45) is 8.51. The number of hydrogen-bond donors (Lipinski definition) is 3. The van der Waals surface area contributed by atoms with Gasteiger partial charge >= 0.3 is 0 Å². The molecule has 1 saturated carbocycles. The van der Waals surface area contributed by atoms with E-state index in [-0.39, 0.29) is 5.91 Å². The van der Waals surface area contributed by atoms with Crippen molar-refractivity contribution in [1.82, 2.24) is 20.6 Å². The molecule has 10 heteroatoms. The molecule has 0 unspecified atom stereocenters. The average molecular weight is 505 g/mol. The summed E-state index contributed by atoms with van der Waals surface area (Å²) in [5, 5.41) is 12.0. The molecule has 3 N–H and O–H groups in total. The molecule has 3 heterocycles. The van der Waals surface area contributed by atoms with Crippen molar-refractivity contribution >= 4 is 33.7 Å². The Kier molecular flexibility index (Phi) is 6.80. The van der Waals surface area contributed by atoms with Crippen molar-refractivity contribution in [3.05, 3.63) is 58.1 Å². The monoisotopic (exact) mass is 504 g/mol.